The maximum absolute atomic E-state index is 11.5. The van der Waals surface area contributed by atoms with Gasteiger partial charge in [0.15, 0.2) is 11.5 Å². The minimum atomic E-state index is -0.279. The number of nitrogens with zero attached hydrogens (tertiary/aromatic N) is 2. The van der Waals surface area contributed by atoms with Crippen LogP contribution < -0.4 is 14.8 Å². The SMILES string of the molecule is COc1ccc(C(C#N)CCN2CCNC2=O)cc1OC. The molecule has 1 atom stereocenters. The number of urea groups is 1. The number of benzene rings is 1. The first-order valence-electron chi connectivity index (χ1n) is 6.84. The lowest BCUT2D eigenvalue weighted by Gasteiger charge is -2.17. The van der Waals surface area contributed by atoms with Gasteiger partial charge in [0.05, 0.1) is 26.2 Å². The molecule has 0 radical (unpaired) electrons. The molecule has 1 heterocycles. The van der Waals surface area contributed by atoms with E-state index in [9.17, 15) is 10.1 Å². The van der Waals surface area contributed by atoms with Gasteiger partial charge < -0.3 is 19.7 Å². The Morgan fingerprint density at radius 3 is 2.71 bits per heavy atom. The Hall–Kier alpha value is -2.42. The average molecular weight is 289 g/mol. The second-order valence-electron chi connectivity index (χ2n) is 4.80. The standard InChI is InChI=1S/C15H19N3O3/c1-20-13-4-3-11(9-14(13)21-2)12(10-16)5-7-18-8-6-17-15(18)19/h3-4,9,12H,5-8H2,1-2H3,(H,17,19). The molecule has 0 saturated carbocycles. The topological polar surface area (TPSA) is 74.6 Å². The first kappa shape index (κ1) is 15.0. The molecule has 6 heteroatoms. The molecule has 6 nitrogen and oxygen atoms in total. The Labute approximate surface area is 124 Å². The summed E-state index contributed by atoms with van der Waals surface area (Å²) in [6.45, 7) is 1.94. The van der Waals surface area contributed by atoms with E-state index < -0.39 is 0 Å². The zero-order chi connectivity index (χ0) is 15.2. The molecule has 2 rings (SSSR count). The molecule has 0 bridgehead atoms. The number of ether oxygens (including phenoxy) is 2. The Balaban J connectivity index is 2.07. The van der Waals surface area contributed by atoms with Crippen molar-refractivity contribution in [1.82, 2.24) is 10.2 Å². The van der Waals surface area contributed by atoms with E-state index in [4.69, 9.17) is 9.47 Å². The van der Waals surface area contributed by atoms with Gasteiger partial charge >= 0.3 is 6.03 Å². The molecular formula is C15H19N3O3. The highest BCUT2D eigenvalue weighted by atomic mass is 16.5. The largest absolute Gasteiger partial charge is 0.493 e. The minimum absolute atomic E-state index is 0.0565. The van der Waals surface area contributed by atoms with Crippen molar-refractivity contribution in [1.29, 1.82) is 5.26 Å². The molecule has 21 heavy (non-hydrogen) atoms. The molecular weight excluding hydrogens is 270 g/mol. The highest BCUT2D eigenvalue weighted by Crippen LogP contribution is 2.31. The summed E-state index contributed by atoms with van der Waals surface area (Å²) in [6, 6.07) is 7.70. The first-order chi connectivity index (χ1) is 10.2. The van der Waals surface area contributed by atoms with Crippen molar-refractivity contribution in [3.63, 3.8) is 0 Å². The van der Waals surface area contributed by atoms with Gasteiger partial charge in [-0.3, -0.25) is 0 Å². The monoisotopic (exact) mass is 289 g/mol. The predicted molar refractivity (Wildman–Crippen MR) is 77.5 cm³/mol. The van der Waals surface area contributed by atoms with E-state index in [1.807, 2.05) is 12.1 Å². The molecule has 1 N–H and O–H groups in total. The van der Waals surface area contributed by atoms with Gasteiger partial charge in [0.2, 0.25) is 0 Å². The van der Waals surface area contributed by atoms with Gasteiger partial charge in [-0.1, -0.05) is 6.07 Å². The van der Waals surface area contributed by atoms with E-state index in [0.29, 0.717) is 37.6 Å². The van der Waals surface area contributed by atoms with E-state index >= 15 is 0 Å². The van der Waals surface area contributed by atoms with Gasteiger partial charge in [0.25, 0.3) is 0 Å². The fourth-order valence-electron chi connectivity index (χ4n) is 2.38. The molecule has 1 aliphatic rings. The fraction of sp³-hybridized carbons (Fsp3) is 0.467. The highest BCUT2D eigenvalue weighted by molar-refractivity contribution is 5.76. The summed E-state index contributed by atoms with van der Waals surface area (Å²) >= 11 is 0. The summed E-state index contributed by atoms with van der Waals surface area (Å²) in [5.41, 5.74) is 0.870. The van der Waals surface area contributed by atoms with Gasteiger partial charge in [0.1, 0.15) is 0 Å². The molecule has 0 aliphatic carbocycles. The normalized spacial score (nSPS) is 15.3. The smallest absolute Gasteiger partial charge is 0.317 e. The van der Waals surface area contributed by atoms with Crippen LogP contribution in [0.25, 0.3) is 0 Å². The van der Waals surface area contributed by atoms with Crippen molar-refractivity contribution in [3.8, 4) is 17.6 Å². The molecule has 1 aromatic rings. The van der Waals surface area contributed by atoms with Crippen molar-refractivity contribution in [2.45, 2.75) is 12.3 Å². The Morgan fingerprint density at radius 1 is 1.38 bits per heavy atom. The van der Waals surface area contributed by atoms with Gasteiger partial charge in [-0.05, 0) is 24.1 Å². The molecule has 2 amide bonds. The quantitative estimate of drug-likeness (QED) is 0.865. The second kappa shape index (κ2) is 6.84. The van der Waals surface area contributed by atoms with Crippen LogP contribution in [0.5, 0.6) is 11.5 Å². The van der Waals surface area contributed by atoms with Crippen molar-refractivity contribution in [3.05, 3.63) is 23.8 Å². The van der Waals surface area contributed by atoms with Crippen LogP contribution in [0.3, 0.4) is 0 Å². The van der Waals surface area contributed by atoms with Crippen LogP contribution in [0.15, 0.2) is 18.2 Å². The third-order valence-electron chi connectivity index (χ3n) is 3.60. The summed E-state index contributed by atoms with van der Waals surface area (Å²) in [4.78, 5) is 13.2. The number of carbonyl (C=O) groups is 1. The van der Waals surface area contributed by atoms with Crippen LogP contribution >= 0.6 is 0 Å². The second-order valence-corrected chi connectivity index (χ2v) is 4.80. The maximum atomic E-state index is 11.5. The number of nitriles is 1. The number of rotatable bonds is 6. The van der Waals surface area contributed by atoms with Crippen LogP contribution in [0.2, 0.25) is 0 Å². The number of nitrogens with one attached hydrogen (secondary N) is 1. The summed E-state index contributed by atoms with van der Waals surface area (Å²) in [5.74, 6) is 0.962. The average Bonchev–Trinajstić information content (AvgIpc) is 2.93. The highest BCUT2D eigenvalue weighted by Gasteiger charge is 2.21. The van der Waals surface area contributed by atoms with E-state index in [0.717, 1.165) is 5.56 Å². The van der Waals surface area contributed by atoms with Crippen LogP contribution in [-0.4, -0.2) is 44.8 Å². The molecule has 0 spiro atoms. The maximum Gasteiger partial charge on any atom is 0.317 e. The van der Waals surface area contributed by atoms with Crippen LogP contribution in [0, 0.1) is 11.3 Å². The van der Waals surface area contributed by atoms with E-state index in [2.05, 4.69) is 11.4 Å². The van der Waals surface area contributed by atoms with E-state index in [1.54, 1.807) is 25.2 Å². The Kier molecular flexibility index (Phi) is 4.88. The van der Waals surface area contributed by atoms with Crippen molar-refractivity contribution < 1.29 is 14.3 Å². The lowest BCUT2D eigenvalue weighted by Crippen LogP contribution is -2.29. The van der Waals surface area contributed by atoms with Crippen LogP contribution in [-0.2, 0) is 0 Å². The van der Waals surface area contributed by atoms with Crippen molar-refractivity contribution in [2.24, 2.45) is 0 Å². The predicted octanol–water partition coefficient (Wildman–Crippen LogP) is 1.73. The summed E-state index contributed by atoms with van der Waals surface area (Å²) in [7, 11) is 3.14. The third-order valence-corrected chi connectivity index (χ3v) is 3.60. The summed E-state index contributed by atoms with van der Waals surface area (Å²) in [6.07, 6.45) is 0.597. The minimum Gasteiger partial charge on any atom is -0.493 e. The van der Waals surface area contributed by atoms with E-state index in [-0.39, 0.29) is 11.9 Å². The Bertz CT molecular complexity index is 554. The van der Waals surface area contributed by atoms with Crippen molar-refractivity contribution in [2.75, 3.05) is 33.9 Å². The molecule has 1 aromatic carbocycles. The van der Waals surface area contributed by atoms with Gasteiger partial charge in [-0.2, -0.15) is 5.26 Å². The lowest BCUT2D eigenvalue weighted by molar-refractivity contribution is 0.216. The first-order valence-corrected chi connectivity index (χ1v) is 6.84. The molecule has 1 aliphatic heterocycles. The number of hydrogen-bond acceptors (Lipinski definition) is 4. The zero-order valence-electron chi connectivity index (χ0n) is 12.3. The third kappa shape index (κ3) is 3.37. The van der Waals surface area contributed by atoms with Gasteiger partial charge in [-0.15, -0.1) is 0 Å². The Morgan fingerprint density at radius 2 is 2.14 bits per heavy atom. The van der Waals surface area contributed by atoms with E-state index in [1.165, 1.54) is 0 Å². The molecule has 1 fully saturated rings. The number of amides is 2. The summed E-state index contributed by atoms with van der Waals surface area (Å²) in [5, 5.41) is 12.1. The molecule has 0 aromatic heterocycles. The lowest BCUT2D eigenvalue weighted by atomic mass is 9.96. The number of carbonyl (C=O) groups excluding carboxylic acids is 1. The fourth-order valence-corrected chi connectivity index (χ4v) is 2.38. The number of methoxy groups -OCH3 is 2. The van der Waals surface area contributed by atoms with Gasteiger partial charge in [0, 0.05) is 19.6 Å². The van der Waals surface area contributed by atoms with Crippen LogP contribution in [0.1, 0.15) is 17.9 Å². The van der Waals surface area contributed by atoms with Gasteiger partial charge in [-0.25, -0.2) is 4.79 Å². The van der Waals surface area contributed by atoms with Crippen LogP contribution in [0.4, 0.5) is 4.79 Å². The molecule has 112 valence electrons. The zero-order valence-corrected chi connectivity index (χ0v) is 12.3. The number of hydrogen-bond donors (Lipinski definition) is 1. The summed E-state index contributed by atoms with van der Waals surface area (Å²) < 4.78 is 10.4. The molecule has 1 unspecified atom stereocenters. The van der Waals surface area contributed by atoms with Crippen molar-refractivity contribution >= 4 is 6.03 Å². The molecule has 1 saturated heterocycles.